The van der Waals surface area contributed by atoms with E-state index in [9.17, 15) is 10.1 Å². The molecule has 0 bridgehead atoms. The minimum Gasteiger partial charge on any atom is -0.292 e. The van der Waals surface area contributed by atoms with Gasteiger partial charge in [0.25, 0.3) is 0 Å². The Morgan fingerprint density at radius 2 is 1.83 bits per heavy atom. The molecule has 2 aromatic carbocycles. The molecular weight excluding hydrogens is 314 g/mol. The zero-order valence-corrected chi connectivity index (χ0v) is 12.6. The Hall–Kier alpha value is -3.04. The molecule has 0 aliphatic rings. The molecule has 0 spiro atoms. The number of rotatable bonds is 4. The van der Waals surface area contributed by atoms with Gasteiger partial charge in [0.05, 0.1) is 11.8 Å². The smallest absolute Gasteiger partial charge is 0.187 e. The molecule has 0 aliphatic heterocycles. The molecule has 1 atom stereocenters. The quantitative estimate of drug-likeness (QED) is 0.689. The Balaban J connectivity index is 2.01. The van der Waals surface area contributed by atoms with Crippen molar-refractivity contribution in [3.63, 3.8) is 0 Å². The third kappa shape index (κ3) is 2.96. The minimum atomic E-state index is -1.09. The fraction of sp³-hybridized carbons (Fsp3) is 0.0625. The van der Waals surface area contributed by atoms with Crippen molar-refractivity contribution in [2.75, 3.05) is 0 Å². The van der Waals surface area contributed by atoms with Gasteiger partial charge in [0.15, 0.2) is 17.5 Å². The summed E-state index contributed by atoms with van der Waals surface area (Å²) >= 11 is 5.87. The molecule has 0 radical (unpaired) electrons. The normalized spacial score (nSPS) is 11.7. The first kappa shape index (κ1) is 14.9. The summed E-state index contributed by atoms with van der Waals surface area (Å²) in [5, 5.41) is 21.3. The summed E-state index contributed by atoms with van der Waals surface area (Å²) < 4.78 is 1.37. The number of tetrazole rings is 1. The number of nitriles is 1. The van der Waals surface area contributed by atoms with E-state index in [4.69, 9.17) is 11.6 Å². The van der Waals surface area contributed by atoms with Crippen molar-refractivity contribution in [3.8, 4) is 11.8 Å². The summed E-state index contributed by atoms with van der Waals surface area (Å²) in [6.45, 7) is 0. The number of ketones is 1. The molecule has 23 heavy (non-hydrogen) atoms. The molecule has 0 saturated heterocycles. The van der Waals surface area contributed by atoms with Crippen LogP contribution in [0.2, 0.25) is 5.02 Å². The molecule has 0 fully saturated rings. The number of Topliss-reactive ketones (excluding diaryl/α,β-unsaturated/α-hetero) is 1. The Morgan fingerprint density at radius 3 is 2.48 bits per heavy atom. The molecule has 1 unspecified atom stereocenters. The maximum atomic E-state index is 12.6. The van der Waals surface area contributed by atoms with Gasteiger partial charge in [0, 0.05) is 10.6 Å². The number of hydrogen-bond acceptors (Lipinski definition) is 5. The van der Waals surface area contributed by atoms with Crippen molar-refractivity contribution in [2.45, 2.75) is 5.92 Å². The fourth-order valence-electron chi connectivity index (χ4n) is 2.14. The molecule has 3 rings (SSSR count). The van der Waals surface area contributed by atoms with Crippen LogP contribution in [0.25, 0.3) is 5.69 Å². The largest absolute Gasteiger partial charge is 0.292 e. The highest BCUT2D eigenvalue weighted by Crippen LogP contribution is 2.21. The van der Waals surface area contributed by atoms with Crippen molar-refractivity contribution in [2.24, 2.45) is 0 Å². The first-order valence-electron chi connectivity index (χ1n) is 6.74. The van der Waals surface area contributed by atoms with Crippen LogP contribution >= 0.6 is 11.6 Å². The average Bonchev–Trinajstić information content (AvgIpc) is 3.06. The SMILES string of the molecule is N#CC(C(=O)c1ccccc1)c1nnnn1-c1ccc(Cl)cc1. The van der Waals surface area contributed by atoms with Gasteiger partial charge in [-0.2, -0.15) is 9.94 Å². The lowest BCUT2D eigenvalue weighted by atomic mass is 9.98. The lowest BCUT2D eigenvalue weighted by molar-refractivity contribution is 0.0975. The van der Waals surface area contributed by atoms with E-state index in [0.717, 1.165) is 0 Å². The first-order chi connectivity index (χ1) is 11.2. The van der Waals surface area contributed by atoms with Crippen molar-refractivity contribution < 1.29 is 4.79 Å². The van der Waals surface area contributed by atoms with Gasteiger partial charge in [-0.1, -0.05) is 41.9 Å². The number of benzene rings is 2. The molecule has 7 heteroatoms. The molecule has 1 heterocycles. The second kappa shape index (κ2) is 6.38. The van der Waals surface area contributed by atoms with E-state index in [2.05, 4.69) is 15.5 Å². The number of nitrogens with zero attached hydrogens (tertiary/aromatic N) is 5. The van der Waals surface area contributed by atoms with Crippen LogP contribution < -0.4 is 0 Å². The average molecular weight is 324 g/mol. The highest BCUT2D eigenvalue weighted by Gasteiger charge is 2.28. The van der Waals surface area contributed by atoms with Gasteiger partial charge < -0.3 is 0 Å². The highest BCUT2D eigenvalue weighted by molar-refractivity contribution is 6.30. The van der Waals surface area contributed by atoms with Gasteiger partial charge in [-0.05, 0) is 34.7 Å². The Kier molecular flexibility index (Phi) is 4.13. The minimum absolute atomic E-state index is 0.170. The molecule has 0 amide bonds. The lowest BCUT2D eigenvalue weighted by Crippen LogP contribution is -2.16. The summed E-state index contributed by atoms with van der Waals surface area (Å²) in [4.78, 5) is 12.6. The van der Waals surface area contributed by atoms with Crippen LogP contribution in [-0.2, 0) is 0 Å². The van der Waals surface area contributed by atoms with E-state index in [-0.39, 0.29) is 11.6 Å². The maximum absolute atomic E-state index is 12.6. The van der Waals surface area contributed by atoms with Crippen molar-refractivity contribution in [3.05, 3.63) is 71.0 Å². The van der Waals surface area contributed by atoms with Gasteiger partial charge in [0.2, 0.25) is 0 Å². The van der Waals surface area contributed by atoms with Crippen LogP contribution in [-0.4, -0.2) is 26.0 Å². The molecular formula is C16H10ClN5O. The molecule has 1 aromatic heterocycles. The maximum Gasteiger partial charge on any atom is 0.187 e. The third-order valence-corrected chi connectivity index (χ3v) is 3.52. The Morgan fingerprint density at radius 1 is 1.13 bits per heavy atom. The molecule has 0 aliphatic carbocycles. The van der Waals surface area contributed by atoms with E-state index >= 15 is 0 Å². The summed E-state index contributed by atoms with van der Waals surface area (Å²) in [5.41, 5.74) is 1.06. The Labute approximate surface area is 136 Å². The van der Waals surface area contributed by atoms with Crippen LogP contribution in [0.3, 0.4) is 0 Å². The molecule has 6 nitrogen and oxygen atoms in total. The monoisotopic (exact) mass is 323 g/mol. The van der Waals surface area contributed by atoms with Crippen LogP contribution in [0.15, 0.2) is 54.6 Å². The number of halogens is 1. The van der Waals surface area contributed by atoms with E-state index < -0.39 is 5.92 Å². The van der Waals surface area contributed by atoms with Gasteiger partial charge in [0.1, 0.15) is 0 Å². The topological polar surface area (TPSA) is 84.5 Å². The van der Waals surface area contributed by atoms with Crippen molar-refractivity contribution >= 4 is 17.4 Å². The number of carbonyl (C=O) groups is 1. The lowest BCUT2D eigenvalue weighted by Gasteiger charge is -2.09. The highest BCUT2D eigenvalue weighted by atomic mass is 35.5. The first-order valence-corrected chi connectivity index (χ1v) is 7.11. The molecule has 0 saturated carbocycles. The van der Waals surface area contributed by atoms with Crippen LogP contribution in [0.5, 0.6) is 0 Å². The summed E-state index contributed by atoms with van der Waals surface area (Å²) in [7, 11) is 0. The zero-order chi connectivity index (χ0) is 16.2. The molecule has 0 N–H and O–H groups in total. The number of hydrogen-bond donors (Lipinski definition) is 0. The molecule has 112 valence electrons. The van der Waals surface area contributed by atoms with Gasteiger partial charge in [-0.25, -0.2) is 0 Å². The predicted molar refractivity (Wildman–Crippen MR) is 83.3 cm³/mol. The summed E-state index contributed by atoms with van der Waals surface area (Å²) in [6, 6.07) is 17.4. The van der Waals surface area contributed by atoms with Gasteiger partial charge in [-0.15, -0.1) is 5.10 Å². The zero-order valence-electron chi connectivity index (χ0n) is 11.8. The Bertz CT molecular complexity index is 867. The van der Waals surface area contributed by atoms with Crippen LogP contribution in [0.4, 0.5) is 0 Å². The van der Waals surface area contributed by atoms with E-state index in [1.165, 1.54) is 4.68 Å². The van der Waals surface area contributed by atoms with Crippen molar-refractivity contribution in [1.29, 1.82) is 5.26 Å². The van der Waals surface area contributed by atoms with Crippen LogP contribution in [0, 0.1) is 11.3 Å². The third-order valence-electron chi connectivity index (χ3n) is 3.27. The van der Waals surface area contributed by atoms with Gasteiger partial charge >= 0.3 is 0 Å². The number of carbonyl (C=O) groups excluding carboxylic acids is 1. The summed E-state index contributed by atoms with van der Waals surface area (Å²) in [5.74, 6) is -1.27. The van der Waals surface area contributed by atoms with E-state index in [0.29, 0.717) is 16.3 Å². The number of aromatic nitrogens is 4. The van der Waals surface area contributed by atoms with Gasteiger partial charge in [-0.3, -0.25) is 4.79 Å². The summed E-state index contributed by atoms with van der Waals surface area (Å²) in [6.07, 6.45) is 0. The predicted octanol–water partition coefficient (Wildman–Crippen LogP) is 2.81. The standard InChI is InChI=1S/C16H10ClN5O/c17-12-6-8-13(9-7-12)22-16(19-20-21-22)14(10-18)15(23)11-4-2-1-3-5-11/h1-9,14H. The van der Waals surface area contributed by atoms with E-state index in [1.807, 2.05) is 6.07 Å². The molecule has 3 aromatic rings. The van der Waals surface area contributed by atoms with Crippen molar-refractivity contribution in [1.82, 2.24) is 20.2 Å². The fourth-order valence-corrected chi connectivity index (χ4v) is 2.27. The second-order valence-corrected chi connectivity index (χ2v) is 5.15. The second-order valence-electron chi connectivity index (χ2n) is 4.72. The van der Waals surface area contributed by atoms with Crippen LogP contribution in [0.1, 0.15) is 22.1 Å². The van der Waals surface area contributed by atoms with E-state index in [1.54, 1.807) is 54.6 Å².